The number of phenolic OH excluding ortho intramolecular Hbond substituents is 1. The van der Waals surface area contributed by atoms with Crippen molar-refractivity contribution in [2.45, 2.75) is 104 Å². The Kier molecular flexibility index (Phi) is 38.0. The summed E-state index contributed by atoms with van der Waals surface area (Å²) < 4.78 is 121. The second-order valence-electron chi connectivity index (χ2n) is 36.1. The molecule has 1 N–H and O–H groups in total. The molecule has 30 nitrogen and oxygen atoms in total. The average Bonchev–Trinajstić information content (AvgIpc) is 1.57. The third kappa shape index (κ3) is 26.4. The van der Waals surface area contributed by atoms with Gasteiger partial charge in [-0.25, -0.2) is 38.3 Å². The first-order chi connectivity index (χ1) is 71.6. The normalized spacial score (nSPS) is 16.8. The number of esters is 3. The first-order valence-corrected chi connectivity index (χ1v) is 48.1. The van der Waals surface area contributed by atoms with Crippen LogP contribution in [0.5, 0.6) is 69.0 Å². The van der Waals surface area contributed by atoms with Gasteiger partial charge in [-0.05, 0) is 218 Å². The van der Waals surface area contributed by atoms with Crippen molar-refractivity contribution in [1.29, 1.82) is 0 Å². The number of anilines is 1. The van der Waals surface area contributed by atoms with Gasteiger partial charge in [0.1, 0.15) is 95.8 Å². The molecule has 1 saturated heterocycles. The second kappa shape index (κ2) is 51.0. The number of nitrogens with zero attached hydrogens (tertiary/aromatic N) is 6. The number of hydrogen-bond acceptors (Lipinski definition) is 27. The minimum atomic E-state index is -1.22. The Labute approximate surface area is 876 Å². The smallest absolute Gasteiger partial charge is 0.312 e. The fourth-order valence-electron chi connectivity index (χ4n) is 18.5. The van der Waals surface area contributed by atoms with Crippen LogP contribution in [0.2, 0.25) is 5.15 Å². The molecule has 3 aliphatic carbocycles. The number of para-hydroxylation sites is 2. The van der Waals surface area contributed by atoms with Crippen LogP contribution in [-0.2, 0) is 129 Å². The van der Waals surface area contributed by atoms with Crippen molar-refractivity contribution in [3.8, 4) is 69.0 Å². The summed E-state index contributed by atoms with van der Waals surface area (Å²) in [5.74, 6) is -1.40. The van der Waals surface area contributed by atoms with Gasteiger partial charge < -0.3 is 76.3 Å². The van der Waals surface area contributed by atoms with E-state index < -0.39 is 92.8 Å². The van der Waals surface area contributed by atoms with Crippen LogP contribution in [0.4, 0.5) is 19.0 Å². The number of carbonyl (C=O) groups excluding carboxylic acids is 6. The minimum absolute atomic E-state index is 0. The summed E-state index contributed by atoms with van der Waals surface area (Å²) >= 11 is 6.21. The highest BCUT2D eigenvalue weighted by atomic mass is 35.5. The highest BCUT2D eigenvalue weighted by Crippen LogP contribution is 2.60. The van der Waals surface area contributed by atoms with E-state index >= 15 is 8.78 Å². The number of hydroxylamine groups is 6. The largest absolute Gasteiger partial charge is 0.505 e. The van der Waals surface area contributed by atoms with Gasteiger partial charge in [-0.15, -0.1) is 0 Å². The molecule has 4 fully saturated rings. The summed E-state index contributed by atoms with van der Waals surface area (Å²) in [7, 11) is 17.8. The van der Waals surface area contributed by atoms with E-state index in [9.17, 15) is 38.3 Å². The third-order valence-corrected chi connectivity index (χ3v) is 27.2. The lowest BCUT2D eigenvalue weighted by molar-refractivity contribution is -0.198. The van der Waals surface area contributed by atoms with E-state index in [0.717, 1.165) is 81.9 Å². The molecule has 36 heteroatoms. The Morgan fingerprint density at radius 2 is 0.660 bits per heavy atom. The van der Waals surface area contributed by atoms with Crippen LogP contribution in [0.1, 0.15) is 93.3 Å². The van der Waals surface area contributed by atoms with Gasteiger partial charge in [-0.2, -0.15) is 0 Å². The number of rotatable bonds is 43. The van der Waals surface area contributed by atoms with Gasteiger partial charge in [0.15, 0.2) is 34.7 Å². The van der Waals surface area contributed by atoms with E-state index in [4.69, 9.17) is 97.4 Å². The lowest BCUT2D eigenvalue weighted by Gasteiger charge is -2.25. The Morgan fingerprint density at radius 1 is 0.347 bits per heavy atom. The third-order valence-electron chi connectivity index (χ3n) is 27.0. The molecule has 150 heavy (non-hydrogen) atoms. The fraction of sp³-hybridized carbons (Fsp3) is 0.316. The summed E-state index contributed by atoms with van der Waals surface area (Å²) in [4.78, 5) is 112. The van der Waals surface area contributed by atoms with Crippen LogP contribution in [0, 0.1) is 51.5 Å². The van der Waals surface area contributed by atoms with Crippen molar-refractivity contribution in [1.82, 2.24) is 25.2 Å². The molecule has 6 radical (unpaired) electrons. The Bertz CT molecular complexity index is 6920. The molecule has 17 rings (SSSR count). The average molecular weight is 2070 g/mol. The molecular weight excluding hydrogens is 1950 g/mol. The molecule has 4 aliphatic rings. The number of phenols is 1. The number of ether oxygens (including phenoxy) is 14. The van der Waals surface area contributed by atoms with E-state index in [1.54, 1.807) is 146 Å². The van der Waals surface area contributed by atoms with Crippen LogP contribution in [0.3, 0.4) is 0 Å². The summed E-state index contributed by atoms with van der Waals surface area (Å²) in [6.45, 7) is 2.42. The number of pyridine rings is 2. The van der Waals surface area contributed by atoms with E-state index in [2.05, 4.69) is 9.88 Å². The standard InChI is InChI=1S/C44H46FN3O8.C40H38ClFN2O8.C30H32FNO8.2B/c1-51-33-15-11-29(12-16-33)27-56-48(26-31-14-17-34(52-2)23-40(31)53-3)42(49)36-25-44(36,43(50)54-4)24-30-13-18-39(37(45)21-30)55-28-32-22-41(47-19-7-8-20-47)46-38-10-6-5-9-35(32)38;1-47-29-13-9-25(10-14-29)23-52-44(22-27-12-15-30(48-2)19-36(27)49-3)38(45)32-21-40(32,39(46)50-4)20-26-11-16-35(33(42)17-26)51-24-28-18-37(41)43-34-8-6-5-7-31(28)34;1-36-22-9-5-19(6-10-22)18-40-32(17-21-8-11-23(37-2)14-27(21)38-3)28(34)24-16-30(24,29(35)39-4)15-20-7-12-26(33)25(31)13-20;;/h5-6,9-18,21-23,36H,7-8,19-20,24-28H2,1-4H3;5-19,32H,20-24H2,1-4H3;5-14,24,33H,15-18H2,1-4H3;;/t36?,44-;32?,40-;24?,30-;;/m000../s1. The summed E-state index contributed by atoms with van der Waals surface area (Å²) in [5.41, 5.74) is 5.51. The van der Waals surface area contributed by atoms with Crippen LogP contribution >= 0.6 is 11.6 Å². The van der Waals surface area contributed by atoms with E-state index in [-0.39, 0.29) is 120 Å². The Morgan fingerprint density at radius 3 is 0.987 bits per heavy atom. The molecule has 3 unspecified atom stereocenters. The number of aromatic nitrogens is 2. The number of halogens is 4. The number of fused-ring (bicyclic) bond motifs is 2. The molecule has 3 amide bonds. The van der Waals surface area contributed by atoms with E-state index in [1.807, 2.05) is 103 Å². The minimum Gasteiger partial charge on any atom is -0.505 e. The van der Waals surface area contributed by atoms with Gasteiger partial charge in [0.2, 0.25) is 0 Å². The maximum Gasteiger partial charge on any atom is 0.312 e. The van der Waals surface area contributed by atoms with Gasteiger partial charge in [-0.3, -0.25) is 43.3 Å². The fourth-order valence-corrected chi connectivity index (χ4v) is 18.7. The highest BCUT2D eigenvalue weighted by molar-refractivity contribution is 6.30. The van der Waals surface area contributed by atoms with Gasteiger partial charge in [0, 0.05) is 86.7 Å². The molecule has 13 aromatic rings. The number of amides is 3. The Balaban J connectivity index is 0.000000189. The number of hydrogen-bond donors (Lipinski definition) is 1. The molecule has 2 aromatic heterocycles. The monoisotopic (exact) mass is 2070 g/mol. The SMILES string of the molecule is COC(=O)[C@@]1(Cc2ccc(O)c(F)c2)CC1C(=O)N(Cc1ccc(OC)cc1OC)OCc1ccc(OC)cc1.COC(=O)[C@@]1(Cc2ccc(OCc3cc(Cl)nc4ccccc34)c(F)c2)CC1C(=O)N(Cc1ccc(OC)cc1OC)OCc1ccc(OC)cc1.COC(=O)[C@@]1(Cc2ccc(OCc3cc(N4CCCC4)nc4ccccc34)c(F)c2)CC1C(=O)N(Cc1ccc(OC)cc1OC)OCc1ccc(OC)cc1.[B].[B]. The van der Waals surface area contributed by atoms with Crippen molar-refractivity contribution >= 4 is 91.7 Å². The molecule has 3 heterocycles. The van der Waals surface area contributed by atoms with Crippen molar-refractivity contribution < 1.29 is 128 Å². The maximum atomic E-state index is 15.7. The van der Waals surface area contributed by atoms with Crippen molar-refractivity contribution in [2.24, 2.45) is 34.0 Å². The first kappa shape index (κ1) is 112. The van der Waals surface area contributed by atoms with Gasteiger partial charge in [-0.1, -0.05) is 103 Å². The van der Waals surface area contributed by atoms with Crippen molar-refractivity contribution in [3.05, 3.63) is 326 Å². The zero-order chi connectivity index (χ0) is 105. The predicted octanol–water partition coefficient (Wildman–Crippen LogP) is 18.7. The van der Waals surface area contributed by atoms with E-state index in [0.29, 0.717) is 95.8 Å². The van der Waals surface area contributed by atoms with Crippen LogP contribution in [-0.4, -0.2) is 181 Å². The summed E-state index contributed by atoms with van der Waals surface area (Å²) in [6.07, 6.45) is 3.05. The maximum absolute atomic E-state index is 15.7. The first-order valence-electron chi connectivity index (χ1n) is 47.7. The molecule has 0 spiro atoms. The number of aromatic hydroxyl groups is 1. The highest BCUT2D eigenvalue weighted by Gasteiger charge is 2.68. The van der Waals surface area contributed by atoms with Crippen LogP contribution in [0.15, 0.2) is 243 Å². The predicted molar refractivity (Wildman–Crippen MR) is 553 cm³/mol. The molecule has 11 aromatic carbocycles. The molecular formula is C114H116B2ClF3N6O24. The van der Waals surface area contributed by atoms with Crippen molar-refractivity contribution in [2.75, 3.05) is 103 Å². The van der Waals surface area contributed by atoms with Crippen LogP contribution in [0.25, 0.3) is 21.8 Å². The lowest BCUT2D eigenvalue weighted by atomic mass is 9.93. The molecule has 780 valence electrons. The Hall–Kier alpha value is -15.5. The van der Waals surface area contributed by atoms with Gasteiger partial charge >= 0.3 is 17.9 Å². The molecule has 0 bridgehead atoms. The van der Waals surface area contributed by atoms with Crippen LogP contribution < -0.4 is 57.0 Å². The lowest BCUT2D eigenvalue weighted by Crippen LogP contribution is -2.36. The molecule has 6 atom stereocenters. The van der Waals surface area contributed by atoms with Gasteiger partial charge in [0.25, 0.3) is 17.7 Å². The summed E-state index contributed by atoms with van der Waals surface area (Å²) in [6, 6.07) is 69.7. The number of methoxy groups -OCH3 is 12. The zero-order valence-corrected chi connectivity index (χ0v) is 86.0. The second-order valence-corrected chi connectivity index (χ2v) is 36.5. The quantitative estimate of drug-likeness (QED) is 0.0122. The number of carbonyl (C=O) groups is 6. The number of benzene rings is 11. The molecule has 3 saturated carbocycles. The summed E-state index contributed by atoms with van der Waals surface area (Å²) in [5, 5.41) is 15.4. The molecule has 1 aliphatic heterocycles. The zero-order valence-electron chi connectivity index (χ0n) is 85.2. The van der Waals surface area contributed by atoms with Gasteiger partial charge in [0.05, 0.1) is 150 Å². The topological polar surface area (TPSA) is 318 Å². The van der Waals surface area contributed by atoms with E-state index in [1.165, 1.54) is 88.2 Å². The van der Waals surface area contributed by atoms with Crippen molar-refractivity contribution in [3.63, 3.8) is 0 Å².